The largest absolute Gasteiger partial charge is 0.124 e. The van der Waals surface area contributed by atoms with Crippen LogP contribution < -0.4 is 0 Å². The highest BCUT2D eigenvalue weighted by Crippen LogP contribution is 1.68. The zero-order chi connectivity index (χ0) is 5.91. The van der Waals surface area contributed by atoms with E-state index < -0.39 is 5.28 Å². The van der Waals surface area contributed by atoms with E-state index in [9.17, 15) is 0 Å². The van der Waals surface area contributed by atoms with Gasteiger partial charge in [0.15, 0.2) is 0 Å². The first-order chi connectivity index (χ1) is 3.06. The van der Waals surface area contributed by atoms with E-state index in [-0.39, 0.29) is 0 Å². The highest BCUT2D eigenvalue weighted by Gasteiger charge is 1.46. The maximum absolute atomic E-state index is 6.62. The predicted molar refractivity (Wildman–Crippen MR) is 22.6 cm³/mol. The van der Waals surface area contributed by atoms with Gasteiger partial charge in [-0.15, -0.1) is 6.40 Å². The summed E-state index contributed by atoms with van der Waals surface area (Å²) in [6.07, 6.45) is 1.69. The predicted octanol–water partition coefficient (Wildman–Crippen LogP) is 1.01. The van der Waals surface area contributed by atoms with Gasteiger partial charge in [0.05, 0.1) is 8.02 Å². The summed E-state index contributed by atoms with van der Waals surface area (Å²) in [5, 5.41) is -1.69. The van der Waals surface area contributed by atoms with E-state index in [2.05, 4.69) is 15.9 Å². The Bertz CT molecular complexity index is 104. The molecule has 0 saturated heterocycles. The molecule has 0 aromatic heterocycles. The first-order valence-corrected chi connectivity index (χ1v) is 1.48. The van der Waals surface area contributed by atoms with E-state index >= 15 is 0 Å². The zero-order valence-corrected chi connectivity index (χ0v) is 3.46. The van der Waals surface area contributed by atoms with Gasteiger partial charge < -0.3 is 0 Å². The smallest absolute Gasteiger partial charge is 0.119 e. The number of alkyl halides is 1. The third-order valence-electron chi connectivity index (χ3n) is 0.0472. The van der Waals surface area contributed by atoms with Gasteiger partial charge in [0, 0.05) is 0 Å². The fraction of sp³-hybridized carbons (Fsp3) is 0.333. The standard InChI is InChI=1S/C3H3Br/c1-2-3-4/h1H,3H2/i1D,3D2. The normalized spacial score (nSPS) is 17.8. The van der Waals surface area contributed by atoms with Crippen LogP contribution in [0.5, 0.6) is 0 Å². The first kappa shape index (κ1) is 1.02. The molecule has 0 bridgehead atoms. The lowest BCUT2D eigenvalue weighted by Gasteiger charge is -1.50. The Kier molecular flexibility index (Phi) is 0.778. The first-order valence-electron chi connectivity index (χ1n) is 2.19. The van der Waals surface area contributed by atoms with Crippen molar-refractivity contribution in [2.24, 2.45) is 0 Å². The minimum atomic E-state index is -1.69. The second-order valence-corrected chi connectivity index (χ2v) is 0.616. The van der Waals surface area contributed by atoms with Crippen molar-refractivity contribution in [3.05, 3.63) is 0 Å². The van der Waals surface area contributed by atoms with Crippen molar-refractivity contribution in [3.8, 4) is 12.3 Å². The highest BCUT2D eigenvalue weighted by molar-refractivity contribution is 9.09. The molecule has 0 rings (SSSR count). The summed E-state index contributed by atoms with van der Waals surface area (Å²) in [5.74, 6) is 1.95. The van der Waals surface area contributed by atoms with Crippen LogP contribution in [0.15, 0.2) is 0 Å². The summed E-state index contributed by atoms with van der Waals surface area (Å²) < 4.78 is 19.5. The van der Waals surface area contributed by atoms with Crippen molar-refractivity contribution in [2.75, 3.05) is 5.28 Å². The maximum atomic E-state index is 6.62. The topological polar surface area (TPSA) is 0 Å². The average Bonchev–Trinajstić information content (AvgIpc) is 1.30. The lowest BCUT2D eigenvalue weighted by atomic mass is 10.9. The SMILES string of the molecule is [2H]C#CC([2H])([2H])Br. The summed E-state index contributed by atoms with van der Waals surface area (Å²) in [7, 11) is 0. The van der Waals surface area contributed by atoms with Gasteiger partial charge in [-0.2, -0.15) is 0 Å². The molecule has 0 unspecified atom stereocenters. The molecular formula is C3H3Br. The number of terminal acetylenes is 1. The third-order valence-corrected chi connectivity index (χ3v) is 0.245. The Morgan fingerprint density at radius 3 is 3.50 bits per heavy atom. The maximum Gasteiger partial charge on any atom is 0.124 e. The highest BCUT2D eigenvalue weighted by atomic mass is 79.9. The molecule has 0 nitrogen and oxygen atoms in total. The van der Waals surface area contributed by atoms with Gasteiger partial charge in [0.2, 0.25) is 0 Å². The summed E-state index contributed by atoms with van der Waals surface area (Å²) >= 11 is 2.58. The molecular weight excluding hydrogens is 116 g/mol. The average molecular weight is 122 g/mol. The van der Waals surface area contributed by atoms with E-state index in [0.717, 1.165) is 0 Å². The van der Waals surface area contributed by atoms with Crippen LogP contribution in [0.4, 0.5) is 0 Å². The van der Waals surface area contributed by atoms with Gasteiger partial charge >= 0.3 is 0 Å². The Hall–Kier alpha value is 0.0400. The van der Waals surface area contributed by atoms with E-state index in [1.54, 1.807) is 6.40 Å². The van der Waals surface area contributed by atoms with Crippen molar-refractivity contribution in [1.82, 2.24) is 0 Å². The van der Waals surface area contributed by atoms with Gasteiger partial charge in [-0.25, -0.2) is 0 Å². The number of halogens is 1. The summed E-state index contributed by atoms with van der Waals surface area (Å²) in [4.78, 5) is 0. The third kappa shape index (κ3) is 2.04. The molecule has 0 amide bonds. The lowest BCUT2D eigenvalue weighted by molar-refractivity contribution is 2.02. The Morgan fingerprint density at radius 2 is 3.50 bits per heavy atom. The van der Waals surface area contributed by atoms with Gasteiger partial charge in [0.25, 0.3) is 0 Å². The zero-order valence-electron chi connectivity index (χ0n) is 4.88. The van der Waals surface area contributed by atoms with Crippen LogP contribution in [0.25, 0.3) is 0 Å². The van der Waals surface area contributed by atoms with Crippen molar-refractivity contribution in [1.29, 1.82) is 0 Å². The van der Waals surface area contributed by atoms with Crippen molar-refractivity contribution < 1.29 is 4.11 Å². The van der Waals surface area contributed by atoms with Gasteiger partial charge in [0.1, 0.15) is 1.37 Å². The molecule has 0 radical (unpaired) electrons. The molecule has 0 aromatic carbocycles. The molecule has 0 aliphatic heterocycles. The molecule has 1 heteroatoms. The van der Waals surface area contributed by atoms with Crippen molar-refractivity contribution in [2.45, 2.75) is 0 Å². The lowest BCUT2D eigenvalue weighted by Crippen LogP contribution is -1.45. The molecule has 0 aliphatic carbocycles. The Labute approximate surface area is 38.6 Å². The fourth-order valence-electron chi connectivity index (χ4n) is 0. The van der Waals surface area contributed by atoms with Gasteiger partial charge in [-0.1, -0.05) is 21.9 Å². The van der Waals surface area contributed by atoms with Crippen molar-refractivity contribution >= 4 is 15.9 Å². The van der Waals surface area contributed by atoms with Crippen LogP contribution in [0.2, 0.25) is 0 Å². The Balaban J connectivity index is 3.72. The molecule has 0 N–H and O–H groups in total. The summed E-state index contributed by atoms with van der Waals surface area (Å²) in [6, 6.07) is 0. The van der Waals surface area contributed by atoms with E-state index in [0.29, 0.717) is 0 Å². The molecule has 0 aromatic rings. The number of hydrogen-bond donors (Lipinski definition) is 0. The molecule has 0 fully saturated rings. The monoisotopic (exact) mass is 121 g/mol. The van der Waals surface area contributed by atoms with Gasteiger partial charge in [-0.05, 0) is 0 Å². The molecule has 0 saturated carbocycles. The number of hydrogen-bond acceptors (Lipinski definition) is 0. The van der Waals surface area contributed by atoms with Crippen LogP contribution in [0.1, 0.15) is 4.11 Å². The van der Waals surface area contributed by atoms with Gasteiger partial charge in [-0.3, -0.25) is 0 Å². The molecule has 0 atom stereocenters. The van der Waals surface area contributed by atoms with Crippen LogP contribution in [-0.4, -0.2) is 5.28 Å². The molecule has 4 heavy (non-hydrogen) atoms. The quantitative estimate of drug-likeness (QED) is 0.332. The van der Waals surface area contributed by atoms with Crippen LogP contribution in [-0.2, 0) is 0 Å². The molecule has 22 valence electrons. The minimum absolute atomic E-state index is 1.69. The summed E-state index contributed by atoms with van der Waals surface area (Å²) in [5.41, 5.74) is 0. The van der Waals surface area contributed by atoms with Crippen LogP contribution in [0.3, 0.4) is 0 Å². The van der Waals surface area contributed by atoms with Crippen LogP contribution in [0, 0.1) is 12.3 Å². The molecule has 0 spiro atoms. The molecule has 0 heterocycles. The second kappa shape index (κ2) is 3.04. The van der Waals surface area contributed by atoms with Crippen LogP contribution >= 0.6 is 15.9 Å². The summed E-state index contributed by atoms with van der Waals surface area (Å²) in [6.45, 7) is 0. The molecule has 0 aliphatic rings. The van der Waals surface area contributed by atoms with E-state index in [4.69, 9.17) is 4.11 Å². The fourth-order valence-corrected chi connectivity index (χ4v) is 0. The number of rotatable bonds is 0. The Morgan fingerprint density at radius 1 is 2.75 bits per heavy atom. The minimum Gasteiger partial charge on any atom is -0.119 e. The van der Waals surface area contributed by atoms with E-state index in [1.807, 2.05) is 5.92 Å². The van der Waals surface area contributed by atoms with E-state index in [1.165, 1.54) is 0 Å². The second-order valence-electron chi connectivity index (χ2n) is 0.219. The van der Waals surface area contributed by atoms with Crippen molar-refractivity contribution in [3.63, 3.8) is 0 Å².